The minimum absolute atomic E-state index is 0.0474. The number of hydrogen-bond donors (Lipinski definition) is 0. The van der Waals surface area contributed by atoms with E-state index in [4.69, 9.17) is 16.3 Å². The largest absolute Gasteiger partial charge is 0.489 e. The summed E-state index contributed by atoms with van der Waals surface area (Å²) in [6, 6.07) is 11.0. The zero-order chi connectivity index (χ0) is 15.4. The predicted octanol–water partition coefficient (Wildman–Crippen LogP) is 4.03. The number of nitrogens with zero attached hydrogens (tertiary/aromatic N) is 1. The summed E-state index contributed by atoms with van der Waals surface area (Å²) in [4.78, 5) is 21.4. The number of non-ortho nitro benzene ring substituents is 1. The van der Waals surface area contributed by atoms with Gasteiger partial charge in [-0.3, -0.25) is 14.9 Å². The van der Waals surface area contributed by atoms with Crippen molar-refractivity contribution in [1.82, 2.24) is 0 Å². The highest BCUT2D eigenvalue weighted by Crippen LogP contribution is 2.24. The third-order valence-corrected chi connectivity index (χ3v) is 3.23. The van der Waals surface area contributed by atoms with Gasteiger partial charge in [0.1, 0.15) is 12.4 Å². The van der Waals surface area contributed by atoms with Gasteiger partial charge in [-0.1, -0.05) is 23.7 Å². The van der Waals surface area contributed by atoms with Gasteiger partial charge in [-0.2, -0.15) is 0 Å². The Labute approximate surface area is 126 Å². The van der Waals surface area contributed by atoms with E-state index in [-0.39, 0.29) is 23.1 Å². The van der Waals surface area contributed by atoms with Crippen LogP contribution in [0.2, 0.25) is 5.02 Å². The van der Waals surface area contributed by atoms with Gasteiger partial charge in [-0.15, -0.1) is 0 Å². The van der Waals surface area contributed by atoms with E-state index in [9.17, 15) is 14.9 Å². The number of hydrogen-bond acceptors (Lipinski definition) is 4. The van der Waals surface area contributed by atoms with Crippen molar-refractivity contribution in [3.63, 3.8) is 0 Å². The Morgan fingerprint density at radius 3 is 2.67 bits per heavy atom. The molecular weight excluding hydrogens is 294 g/mol. The van der Waals surface area contributed by atoms with Crippen molar-refractivity contribution in [3.05, 3.63) is 68.7 Å². The standard InChI is InChI=1S/C15H12ClNO4/c1-10(18)11-3-2-4-14(7-11)21-9-12-5-6-13(17(19)20)8-15(12)16/h2-8H,9H2,1H3. The van der Waals surface area contributed by atoms with E-state index in [2.05, 4.69) is 0 Å². The number of benzene rings is 2. The van der Waals surface area contributed by atoms with Gasteiger partial charge in [0.2, 0.25) is 0 Å². The first kappa shape index (κ1) is 15.0. The molecule has 2 aromatic rings. The fraction of sp³-hybridized carbons (Fsp3) is 0.133. The van der Waals surface area contributed by atoms with Gasteiger partial charge in [-0.25, -0.2) is 0 Å². The van der Waals surface area contributed by atoms with Gasteiger partial charge in [0.15, 0.2) is 5.78 Å². The molecular formula is C15H12ClNO4. The van der Waals surface area contributed by atoms with Crippen molar-refractivity contribution in [1.29, 1.82) is 0 Å². The van der Waals surface area contributed by atoms with Crippen LogP contribution in [0.3, 0.4) is 0 Å². The van der Waals surface area contributed by atoms with E-state index in [0.717, 1.165) is 0 Å². The second-order valence-corrected chi connectivity index (χ2v) is 4.81. The Morgan fingerprint density at radius 2 is 2.05 bits per heavy atom. The first-order chi connectivity index (χ1) is 9.97. The Morgan fingerprint density at radius 1 is 1.29 bits per heavy atom. The summed E-state index contributed by atoms with van der Waals surface area (Å²) in [5.74, 6) is 0.492. The number of rotatable bonds is 5. The first-order valence-electron chi connectivity index (χ1n) is 6.14. The molecule has 108 valence electrons. The van der Waals surface area contributed by atoms with Crippen LogP contribution >= 0.6 is 11.6 Å². The van der Waals surface area contributed by atoms with E-state index in [1.54, 1.807) is 30.3 Å². The highest BCUT2D eigenvalue weighted by Gasteiger charge is 2.10. The van der Waals surface area contributed by atoms with Gasteiger partial charge in [0.05, 0.1) is 9.95 Å². The third-order valence-electron chi connectivity index (χ3n) is 2.88. The van der Waals surface area contributed by atoms with Crippen LogP contribution in [-0.2, 0) is 6.61 Å². The van der Waals surface area contributed by atoms with Gasteiger partial charge in [0.25, 0.3) is 5.69 Å². The molecule has 21 heavy (non-hydrogen) atoms. The Kier molecular flexibility index (Phi) is 4.55. The number of Topliss-reactive ketones (excluding diaryl/α,β-unsaturated/α-hetero) is 1. The van der Waals surface area contributed by atoms with Crippen LogP contribution in [0.25, 0.3) is 0 Å². The molecule has 0 spiro atoms. The molecule has 0 heterocycles. The van der Waals surface area contributed by atoms with Crippen LogP contribution in [0.5, 0.6) is 5.75 Å². The van der Waals surface area contributed by atoms with Crippen LogP contribution in [-0.4, -0.2) is 10.7 Å². The van der Waals surface area contributed by atoms with Crippen LogP contribution in [0.4, 0.5) is 5.69 Å². The second kappa shape index (κ2) is 6.37. The normalized spacial score (nSPS) is 10.2. The van der Waals surface area contributed by atoms with Crippen molar-refractivity contribution in [2.45, 2.75) is 13.5 Å². The molecule has 2 aromatic carbocycles. The maximum Gasteiger partial charge on any atom is 0.270 e. The fourth-order valence-electron chi connectivity index (χ4n) is 1.73. The van der Waals surface area contributed by atoms with Gasteiger partial charge in [0, 0.05) is 23.3 Å². The topological polar surface area (TPSA) is 69.4 Å². The van der Waals surface area contributed by atoms with E-state index in [1.165, 1.54) is 19.1 Å². The van der Waals surface area contributed by atoms with Crippen LogP contribution in [0.1, 0.15) is 22.8 Å². The molecule has 2 rings (SSSR count). The molecule has 0 saturated heterocycles. The number of carbonyl (C=O) groups is 1. The molecule has 0 bridgehead atoms. The molecule has 0 radical (unpaired) electrons. The second-order valence-electron chi connectivity index (χ2n) is 4.41. The predicted molar refractivity (Wildman–Crippen MR) is 78.9 cm³/mol. The van der Waals surface area contributed by atoms with Gasteiger partial charge >= 0.3 is 0 Å². The van der Waals surface area contributed by atoms with E-state index in [0.29, 0.717) is 16.9 Å². The minimum atomic E-state index is -0.507. The maximum absolute atomic E-state index is 11.3. The molecule has 0 aliphatic heterocycles. The number of carbonyl (C=O) groups excluding carboxylic acids is 1. The van der Waals surface area contributed by atoms with Crippen molar-refractivity contribution < 1.29 is 14.5 Å². The van der Waals surface area contributed by atoms with Crippen LogP contribution < -0.4 is 4.74 Å². The number of halogens is 1. The maximum atomic E-state index is 11.3. The fourth-order valence-corrected chi connectivity index (χ4v) is 1.96. The lowest BCUT2D eigenvalue weighted by Gasteiger charge is -2.08. The highest BCUT2D eigenvalue weighted by atomic mass is 35.5. The van der Waals surface area contributed by atoms with Crippen molar-refractivity contribution >= 4 is 23.1 Å². The monoisotopic (exact) mass is 305 g/mol. The van der Waals surface area contributed by atoms with Crippen molar-refractivity contribution in [2.24, 2.45) is 0 Å². The molecule has 6 heteroatoms. The van der Waals surface area contributed by atoms with E-state index in [1.807, 2.05) is 0 Å². The lowest BCUT2D eigenvalue weighted by molar-refractivity contribution is -0.384. The first-order valence-corrected chi connectivity index (χ1v) is 6.52. The summed E-state index contributed by atoms with van der Waals surface area (Å²) >= 11 is 5.98. The highest BCUT2D eigenvalue weighted by molar-refractivity contribution is 6.31. The summed E-state index contributed by atoms with van der Waals surface area (Å²) in [5, 5.41) is 10.9. The zero-order valence-corrected chi connectivity index (χ0v) is 12.0. The van der Waals surface area contributed by atoms with Crippen molar-refractivity contribution in [2.75, 3.05) is 0 Å². The minimum Gasteiger partial charge on any atom is -0.489 e. The zero-order valence-electron chi connectivity index (χ0n) is 11.2. The van der Waals surface area contributed by atoms with E-state index >= 15 is 0 Å². The van der Waals surface area contributed by atoms with Crippen molar-refractivity contribution in [3.8, 4) is 5.75 Å². The molecule has 0 N–H and O–H groups in total. The Balaban J connectivity index is 2.11. The van der Waals surface area contributed by atoms with Gasteiger partial charge in [-0.05, 0) is 25.1 Å². The molecule has 0 aromatic heterocycles. The Hall–Kier alpha value is -2.40. The number of nitro benzene ring substituents is 1. The average molecular weight is 306 g/mol. The van der Waals surface area contributed by atoms with Gasteiger partial charge < -0.3 is 4.74 Å². The summed E-state index contributed by atoms with van der Waals surface area (Å²) in [5.41, 5.74) is 1.13. The number of nitro groups is 1. The molecule has 0 atom stereocenters. The Bertz CT molecular complexity index is 700. The molecule has 0 saturated carbocycles. The molecule has 5 nitrogen and oxygen atoms in total. The number of ketones is 1. The molecule has 0 aliphatic carbocycles. The SMILES string of the molecule is CC(=O)c1cccc(OCc2ccc([N+](=O)[O-])cc2Cl)c1. The van der Waals surface area contributed by atoms with Crippen LogP contribution in [0, 0.1) is 10.1 Å². The summed E-state index contributed by atoms with van der Waals surface area (Å²) in [7, 11) is 0. The number of ether oxygens (including phenoxy) is 1. The van der Waals surface area contributed by atoms with Crippen LogP contribution in [0.15, 0.2) is 42.5 Å². The lowest BCUT2D eigenvalue weighted by Crippen LogP contribution is -1.99. The molecule has 0 unspecified atom stereocenters. The molecule has 0 amide bonds. The smallest absolute Gasteiger partial charge is 0.270 e. The summed E-state index contributed by atoms with van der Waals surface area (Å²) in [6.07, 6.45) is 0. The summed E-state index contributed by atoms with van der Waals surface area (Å²) in [6.45, 7) is 1.64. The molecule has 0 fully saturated rings. The molecule has 0 aliphatic rings. The average Bonchev–Trinajstić information content (AvgIpc) is 2.46. The lowest BCUT2D eigenvalue weighted by atomic mass is 10.1. The summed E-state index contributed by atoms with van der Waals surface area (Å²) < 4.78 is 5.56. The third kappa shape index (κ3) is 3.79. The quantitative estimate of drug-likeness (QED) is 0.475. The van der Waals surface area contributed by atoms with E-state index < -0.39 is 4.92 Å².